The van der Waals surface area contributed by atoms with Crippen LogP contribution in [0.25, 0.3) is 0 Å². The van der Waals surface area contributed by atoms with Gasteiger partial charge in [0.15, 0.2) is 0 Å². The van der Waals surface area contributed by atoms with Gasteiger partial charge in [-0.05, 0) is 51.0 Å². The molecule has 1 aliphatic rings. The Morgan fingerprint density at radius 1 is 1.40 bits per heavy atom. The molecule has 3 nitrogen and oxygen atoms in total. The van der Waals surface area contributed by atoms with E-state index in [0.717, 1.165) is 13.0 Å². The third-order valence-corrected chi connectivity index (χ3v) is 4.72. The molecule has 2 unspecified atom stereocenters. The first kappa shape index (κ1) is 15.5. The lowest BCUT2D eigenvalue weighted by molar-refractivity contribution is 0.179. The molecule has 0 aliphatic carbocycles. The van der Waals surface area contributed by atoms with Crippen molar-refractivity contribution in [3.05, 3.63) is 35.4 Å². The average molecular weight is 275 g/mol. The highest BCUT2D eigenvalue weighted by Crippen LogP contribution is 2.25. The highest BCUT2D eigenvalue weighted by molar-refractivity contribution is 5.30. The number of likely N-dealkylation sites (N-methyl/N-ethyl adjacent to an activating group) is 2. The Bertz CT molecular complexity index is 418. The Balaban J connectivity index is 2.10. The minimum Gasteiger partial charge on any atom is -0.329 e. The first-order valence-electron chi connectivity index (χ1n) is 7.85. The number of hydrogen-bond donors (Lipinski definition) is 1. The summed E-state index contributed by atoms with van der Waals surface area (Å²) in [7, 11) is 4.46. The SMILES string of the molecule is CCc1ccccc1C(CN)N(C)CC1CCCN1C. The van der Waals surface area contributed by atoms with Crippen LogP contribution in [-0.2, 0) is 6.42 Å². The van der Waals surface area contributed by atoms with E-state index in [1.165, 1.54) is 30.5 Å². The lowest BCUT2D eigenvalue weighted by Gasteiger charge is -2.33. The number of aryl methyl sites for hydroxylation is 1. The molecule has 2 N–H and O–H groups in total. The zero-order chi connectivity index (χ0) is 14.5. The van der Waals surface area contributed by atoms with E-state index >= 15 is 0 Å². The number of likely N-dealkylation sites (tertiary alicyclic amines) is 1. The van der Waals surface area contributed by atoms with Crippen molar-refractivity contribution in [2.45, 2.75) is 38.3 Å². The smallest absolute Gasteiger partial charge is 0.0470 e. The van der Waals surface area contributed by atoms with E-state index in [4.69, 9.17) is 5.73 Å². The molecule has 1 aliphatic heterocycles. The fraction of sp³-hybridized carbons (Fsp3) is 0.647. The molecule has 0 aromatic heterocycles. The predicted octanol–water partition coefficient (Wildman–Crippen LogP) is 2.27. The molecular weight excluding hydrogens is 246 g/mol. The van der Waals surface area contributed by atoms with Crippen LogP contribution in [0.5, 0.6) is 0 Å². The van der Waals surface area contributed by atoms with Crippen molar-refractivity contribution in [1.82, 2.24) is 9.80 Å². The second-order valence-electron chi connectivity index (χ2n) is 6.02. The molecule has 1 aromatic rings. The van der Waals surface area contributed by atoms with Crippen LogP contribution in [0.2, 0.25) is 0 Å². The van der Waals surface area contributed by atoms with Crippen LogP contribution in [0.4, 0.5) is 0 Å². The van der Waals surface area contributed by atoms with E-state index in [9.17, 15) is 0 Å². The quantitative estimate of drug-likeness (QED) is 0.864. The van der Waals surface area contributed by atoms with Crippen molar-refractivity contribution in [2.75, 3.05) is 33.7 Å². The van der Waals surface area contributed by atoms with Crippen molar-refractivity contribution in [2.24, 2.45) is 5.73 Å². The van der Waals surface area contributed by atoms with Crippen LogP contribution in [0.15, 0.2) is 24.3 Å². The summed E-state index contributed by atoms with van der Waals surface area (Å²) in [6.45, 7) is 5.24. The van der Waals surface area contributed by atoms with E-state index in [0.29, 0.717) is 18.6 Å². The largest absolute Gasteiger partial charge is 0.329 e. The van der Waals surface area contributed by atoms with E-state index in [-0.39, 0.29) is 0 Å². The van der Waals surface area contributed by atoms with E-state index in [1.54, 1.807) is 0 Å². The van der Waals surface area contributed by atoms with Crippen LogP contribution >= 0.6 is 0 Å². The van der Waals surface area contributed by atoms with Crippen LogP contribution in [0, 0.1) is 0 Å². The molecule has 1 saturated heterocycles. The Labute approximate surface area is 123 Å². The van der Waals surface area contributed by atoms with Gasteiger partial charge >= 0.3 is 0 Å². The normalized spacial score (nSPS) is 21.6. The minimum absolute atomic E-state index is 0.333. The Morgan fingerprint density at radius 2 is 2.15 bits per heavy atom. The maximum absolute atomic E-state index is 6.08. The number of nitrogens with two attached hydrogens (primary N) is 1. The van der Waals surface area contributed by atoms with Gasteiger partial charge in [0.1, 0.15) is 0 Å². The second-order valence-corrected chi connectivity index (χ2v) is 6.02. The maximum Gasteiger partial charge on any atom is 0.0470 e. The van der Waals surface area contributed by atoms with Gasteiger partial charge in [-0.25, -0.2) is 0 Å². The van der Waals surface area contributed by atoms with Crippen molar-refractivity contribution >= 4 is 0 Å². The van der Waals surface area contributed by atoms with Crippen molar-refractivity contribution < 1.29 is 0 Å². The van der Waals surface area contributed by atoms with Gasteiger partial charge in [-0.2, -0.15) is 0 Å². The summed E-state index contributed by atoms with van der Waals surface area (Å²) in [4.78, 5) is 4.93. The topological polar surface area (TPSA) is 32.5 Å². The number of rotatable bonds is 6. The molecule has 3 heteroatoms. The molecule has 112 valence electrons. The van der Waals surface area contributed by atoms with Gasteiger partial charge < -0.3 is 10.6 Å². The van der Waals surface area contributed by atoms with Gasteiger partial charge in [-0.3, -0.25) is 4.90 Å². The first-order chi connectivity index (χ1) is 9.67. The van der Waals surface area contributed by atoms with Gasteiger partial charge in [-0.1, -0.05) is 31.2 Å². The molecule has 1 aromatic carbocycles. The Hall–Kier alpha value is -0.900. The van der Waals surface area contributed by atoms with Gasteiger partial charge in [0.25, 0.3) is 0 Å². The van der Waals surface area contributed by atoms with Gasteiger partial charge in [-0.15, -0.1) is 0 Å². The van der Waals surface area contributed by atoms with Gasteiger partial charge in [0.2, 0.25) is 0 Å². The molecule has 0 saturated carbocycles. The Kier molecular flexibility index (Phi) is 5.58. The summed E-state index contributed by atoms with van der Waals surface area (Å²) in [5, 5.41) is 0. The molecule has 0 spiro atoms. The zero-order valence-electron chi connectivity index (χ0n) is 13.2. The molecule has 2 atom stereocenters. The predicted molar refractivity (Wildman–Crippen MR) is 85.9 cm³/mol. The van der Waals surface area contributed by atoms with Crippen LogP contribution in [0.3, 0.4) is 0 Å². The fourth-order valence-electron chi connectivity index (χ4n) is 3.40. The molecule has 20 heavy (non-hydrogen) atoms. The lowest BCUT2D eigenvalue weighted by Crippen LogP contribution is -2.40. The number of hydrogen-bond acceptors (Lipinski definition) is 3. The molecule has 0 amide bonds. The van der Waals surface area contributed by atoms with Gasteiger partial charge in [0.05, 0.1) is 0 Å². The molecule has 1 fully saturated rings. The second kappa shape index (κ2) is 7.21. The first-order valence-corrected chi connectivity index (χ1v) is 7.85. The summed E-state index contributed by atoms with van der Waals surface area (Å²) in [6.07, 6.45) is 3.71. The highest BCUT2D eigenvalue weighted by Gasteiger charge is 2.25. The number of benzene rings is 1. The summed E-state index contributed by atoms with van der Waals surface area (Å²) >= 11 is 0. The summed E-state index contributed by atoms with van der Waals surface area (Å²) in [6, 6.07) is 9.74. The fourth-order valence-corrected chi connectivity index (χ4v) is 3.40. The minimum atomic E-state index is 0.333. The van der Waals surface area contributed by atoms with Crippen molar-refractivity contribution in [1.29, 1.82) is 0 Å². The maximum atomic E-state index is 6.08. The van der Waals surface area contributed by atoms with E-state index in [2.05, 4.69) is 55.1 Å². The van der Waals surface area contributed by atoms with Crippen molar-refractivity contribution in [3.63, 3.8) is 0 Å². The summed E-state index contributed by atoms with van der Waals surface area (Å²) in [5.74, 6) is 0. The zero-order valence-corrected chi connectivity index (χ0v) is 13.2. The highest BCUT2D eigenvalue weighted by atomic mass is 15.2. The van der Waals surface area contributed by atoms with E-state index in [1.807, 2.05) is 0 Å². The third-order valence-electron chi connectivity index (χ3n) is 4.72. The molecule has 0 bridgehead atoms. The lowest BCUT2D eigenvalue weighted by atomic mass is 9.97. The Morgan fingerprint density at radius 3 is 2.75 bits per heavy atom. The number of nitrogens with zero attached hydrogens (tertiary/aromatic N) is 2. The molecule has 2 rings (SSSR count). The summed E-state index contributed by atoms with van der Waals surface area (Å²) < 4.78 is 0. The van der Waals surface area contributed by atoms with Crippen molar-refractivity contribution in [3.8, 4) is 0 Å². The monoisotopic (exact) mass is 275 g/mol. The van der Waals surface area contributed by atoms with Crippen LogP contribution < -0.4 is 5.73 Å². The molecular formula is C17H29N3. The van der Waals surface area contributed by atoms with Gasteiger partial charge in [0, 0.05) is 25.2 Å². The standard InChI is InChI=1S/C17H29N3/c1-4-14-8-5-6-10-16(14)17(12-18)20(3)13-15-9-7-11-19(15)2/h5-6,8,10,15,17H,4,7,9,11-13,18H2,1-3H3. The molecule has 0 radical (unpaired) electrons. The van der Waals surface area contributed by atoms with E-state index < -0.39 is 0 Å². The van der Waals surface area contributed by atoms with Crippen LogP contribution in [0.1, 0.15) is 36.9 Å². The van der Waals surface area contributed by atoms with Crippen LogP contribution in [-0.4, -0.2) is 49.6 Å². The average Bonchev–Trinajstić information content (AvgIpc) is 2.85. The summed E-state index contributed by atoms with van der Waals surface area (Å²) in [5.41, 5.74) is 8.91. The third kappa shape index (κ3) is 3.40. The molecule has 1 heterocycles.